The summed E-state index contributed by atoms with van der Waals surface area (Å²) in [6.07, 6.45) is 0.567. The molecule has 0 radical (unpaired) electrons. The Hall–Kier alpha value is -0.450. The molecule has 1 atom stereocenters. The van der Waals surface area contributed by atoms with Gasteiger partial charge in [-0.05, 0) is 6.42 Å². The summed E-state index contributed by atoms with van der Waals surface area (Å²) in [5, 5.41) is 24.5. The molecule has 3 N–H and O–H groups in total. The first-order valence-electron chi connectivity index (χ1n) is 4.03. The van der Waals surface area contributed by atoms with Crippen LogP contribution in [0.1, 0.15) is 26.7 Å². The van der Waals surface area contributed by atoms with Crippen LogP contribution in [-0.4, -0.2) is 40.4 Å². The average molecular weight is 178 g/mol. The molecule has 0 aromatic carbocycles. The fraction of sp³-hybridized carbons (Fsp3) is 0.875. The molecule has 0 heterocycles. The Bertz CT molecular complexity index is 93.2. The van der Waals surface area contributed by atoms with Crippen LogP contribution < -0.4 is 0 Å². The van der Waals surface area contributed by atoms with Gasteiger partial charge in [0.2, 0.25) is 0 Å². The lowest BCUT2D eigenvalue weighted by molar-refractivity contribution is -0.121. The van der Waals surface area contributed by atoms with Crippen molar-refractivity contribution in [3.63, 3.8) is 0 Å². The lowest BCUT2D eigenvalue weighted by atomic mass is 10.3. The summed E-state index contributed by atoms with van der Waals surface area (Å²) in [7, 11) is 0. The van der Waals surface area contributed by atoms with Crippen LogP contribution >= 0.6 is 0 Å². The number of carbonyl (C=O) groups is 1. The number of Topliss-reactive ketones (excluding diaryl/α,β-unsaturated/α-hetero) is 1. The predicted molar refractivity (Wildman–Crippen MR) is 45.8 cm³/mol. The molecule has 0 spiro atoms. The van der Waals surface area contributed by atoms with Gasteiger partial charge in [0.1, 0.15) is 6.61 Å². The van der Waals surface area contributed by atoms with Crippen LogP contribution in [0.3, 0.4) is 0 Å². The van der Waals surface area contributed by atoms with Crippen LogP contribution in [-0.2, 0) is 4.79 Å². The van der Waals surface area contributed by atoms with Gasteiger partial charge >= 0.3 is 0 Å². The van der Waals surface area contributed by atoms with Crippen LogP contribution in [0.2, 0.25) is 0 Å². The van der Waals surface area contributed by atoms with Crippen molar-refractivity contribution in [2.24, 2.45) is 0 Å². The zero-order chi connectivity index (χ0) is 9.98. The molecule has 4 nitrogen and oxygen atoms in total. The van der Waals surface area contributed by atoms with Crippen molar-refractivity contribution < 1.29 is 20.1 Å². The maximum Gasteiger partial charge on any atom is 0.157 e. The minimum atomic E-state index is -0.509. The molecule has 0 amide bonds. The Morgan fingerprint density at radius 2 is 1.83 bits per heavy atom. The fourth-order valence-corrected chi connectivity index (χ4v) is 0.241. The Kier molecular flexibility index (Phi) is 12.4. The van der Waals surface area contributed by atoms with E-state index in [0.717, 1.165) is 0 Å². The first-order chi connectivity index (χ1) is 5.62. The molecule has 0 aliphatic rings. The lowest BCUT2D eigenvalue weighted by Crippen LogP contribution is -2.08. The van der Waals surface area contributed by atoms with Crippen LogP contribution in [0.25, 0.3) is 0 Å². The van der Waals surface area contributed by atoms with E-state index in [-0.39, 0.29) is 19.0 Å². The van der Waals surface area contributed by atoms with Gasteiger partial charge in [0, 0.05) is 6.42 Å². The van der Waals surface area contributed by atoms with Crippen molar-refractivity contribution >= 4 is 5.78 Å². The number of ketones is 1. The summed E-state index contributed by atoms with van der Waals surface area (Å²) >= 11 is 0. The van der Waals surface area contributed by atoms with Crippen LogP contribution in [0.15, 0.2) is 0 Å². The van der Waals surface area contributed by atoms with Crippen molar-refractivity contribution in [2.75, 3.05) is 13.2 Å². The third-order valence-corrected chi connectivity index (χ3v) is 1.25. The van der Waals surface area contributed by atoms with E-state index in [9.17, 15) is 4.79 Å². The number of aliphatic hydroxyl groups excluding tert-OH is 3. The first-order valence-corrected chi connectivity index (χ1v) is 4.03. The molecule has 4 heteroatoms. The third-order valence-electron chi connectivity index (χ3n) is 1.25. The summed E-state index contributed by atoms with van der Waals surface area (Å²) in [6.45, 7) is 3.12. The second-order valence-corrected chi connectivity index (χ2v) is 2.29. The minimum Gasteiger partial charge on any atom is -0.394 e. The van der Waals surface area contributed by atoms with Crippen LogP contribution in [0, 0.1) is 0 Å². The Morgan fingerprint density at radius 3 is 1.83 bits per heavy atom. The lowest BCUT2D eigenvalue weighted by Gasteiger charge is -1.97. The molecule has 1 unspecified atom stereocenters. The highest BCUT2D eigenvalue weighted by molar-refractivity contribution is 5.78. The second-order valence-electron chi connectivity index (χ2n) is 2.29. The Balaban J connectivity index is 0. The maximum absolute atomic E-state index is 9.93. The van der Waals surface area contributed by atoms with Crippen LogP contribution in [0.5, 0.6) is 0 Å². The van der Waals surface area contributed by atoms with E-state index in [1.165, 1.54) is 0 Å². The fourth-order valence-electron chi connectivity index (χ4n) is 0.241. The third kappa shape index (κ3) is 12.2. The summed E-state index contributed by atoms with van der Waals surface area (Å²) < 4.78 is 0. The van der Waals surface area contributed by atoms with E-state index in [2.05, 4.69) is 0 Å². The number of rotatable bonds is 4. The van der Waals surface area contributed by atoms with Crippen LogP contribution in [0.4, 0.5) is 0 Å². The van der Waals surface area contributed by atoms with Gasteiger partial charge in [-0.2, -0.15) is 0 Å². The quantitative estimate of drug-likeness (QED) is 0.552. The van der Waals surface area contributed by atoms with E-state index in [1.54, 1.807) is 6.92 Å². The summed E-state index contributed by atoms with van der Waals surface area (Å²) in [5.41, 5.74) is 0. The maximum atomic E-state index is 9.93. The van der Waals surface area contributed by atoms with Crippen molar-refractivity contribution in [2.45, 2.75) is 32.8 Å². The molecule has 0 aromatic rings. The second kappa shape index (κ2) is 10.6. The normalized spacial score (nSPS) is 11.4. The van der Waals surface area contributed by atoms with Crippen molar-refractivity contribution in [1.29, 1.82) is 0 Å². The molecule has 0 aliphatic carbocycles. The topological polar surface area (TPSA) is 77.8 Å². The van der Waals surface area contributed by atoms with E-state index in [1.807, 2.05) is 6.92 Å². The molecule has 0 saturated heterocycles. The summed E-state index contributed by atoms with van der Waals surface area (Å²) in [4.78, 5) is 9.93. The standard InChI is InChI=1S/C4H10O2.C4H8O2/c2*1-2-4(6)3-5/h4-6H,2-3H2,1H3;5H,2-3H2,1H3. The van der Waals surface area contributed by atoms with Gasteiger partial charge in [0.25, 0.3) is 0 Å². The van der Waals surface area contributed by atoms with Gasteiger partial charge in [-0.25, -0.2) is 0 Å². The zero-order valence-corrected chi connectivity index (χ0v) is 7.66. The zero-order valence-electron chi connectivity index (χ0n) is 7.66. The molecule has 0 bridgehead atoms. The largest absolute Gasteiger partial charge is 0.394 e. The van der Waals surface area contributed by atoms with Gasteiger partial charge in [0.15, 0.2) is 5.78 Å². The summed E-state index contributed by atoms with van der Waals surface area (Å²) in [6, 6.07) is 0. The molecule has 0 aliphatic heterocycles. The van der Waals surface area contributed by atoms with E-state index in [0.29, 0.717) is 12.8 Å². The van der Waals surface area contributed by atoms with Crippen molar-refractivity contribution in [3.05, 3.63) is 0 Å². The molecule has 12 heavy (non-hydrogen) atoms. The molecular weight excluding hydrogens is 160 g/mol. The Morgan fingerprint density at radius 1 is 1.33 bits per heavy atom. The van der Waals surface area contributed by atoms with Crippen molar-refractivity contribution in [3.8, 4) is 0 Å². The molecule has 0 fully saturated rings. The monoisotopic (exact) mass is 178 g/mol. The first kappa shape index (κ1) is 14.1. The number of hydrogen-bond donors (Lipinski definition) is 3. The molecule has 0 saturated carbocycles. The molecule has 0 aromatic heterocycles. The predicted octanol–water partition coefficient (Wildman–Crippen LogP) is -0.293. The SMILES string of the molecule is CCC(=O)CO.CCC(O)CO. The van der Waals surface area contributed by atoms with E-state index >= 15 is 0 Å². The number of aliphatic hydroxyl groups is 3. The van der Waals surface area contributed by atoms with E-state index < -0.39 is 6.10 Å². The molecule has 74 valence electrons. The highest BCUT2D eigenvalue weighted by Crippen LogP contribution is 1.83. The Labute approximate surface area is 72.8 Å². The highest BCUT2D eigenvalue weighted by atomic mass is 16.3. The average Bonchev–Trinajstić information content (AvgIpc) is 2.16. The van der Waals surface area contributed by atoms with Gasteiger partial charge < -0.3 is 15.3 Å². The van der Waals surface area contributed by atoms with Crippen molar-refractivity contribution in [1.82, 2.24) is 0 Å². The number of carbonyl (C=O) groups excluding carboxylic acids is 1. The van der Waals surface area contributed by atoms with Gasteiger partial charge in [-0.3, -0.25) is 4.79 Å². The van der Waals surface area contributed by atoms with Gasteiger partial charge in [-0.15, -0.1) is 0 Å². The molecule has 0 rings (SSSR count). The summed E-state index contributed by atoms with van der Waals surface area (Å²) in [5.74, 6) is -0.102. The molecular formula is C8H18O4. The van der Waals surface area contributed by atoms with E-state index in [4.69, 9.17) is 15.3 Å². The smallest absolute Gasteiger partial charge is 0.157 e. The number of hydrogen-bond acceptors (Lipinski definition) is 4. The van der Waals surface area contributed by atoms with Gasteiger partial charge in [0.05, 0.1) is 12.7 Å². The highest BCUT2D eigenvalue weighted by Gasteiger charge is 1.92. The van der Waals surface area contributed by atoms with Gasteiger partial charge in [-0.1, -0.05) is 13.8 Å². The minimum absolute atomic E-state index is 0.102.